The number of aliphatic hydroxyl groups excluding tert-OH is 4. The lowest BCUT2D eigenvalue weighted by Gasteiger charge is -2.43. The van der Waals surface area contributed by atoms with Crippen molar-refractivity contribution >= 4 is 0 Å². The van der Waals surface area contributed by atoms with E-state index in [0.717, 1.165) is 30.4 Å². The van der Waals surface area contributed by atoms with Gasteiger partial charge in [-0.25, -0.2) is 0 Å². The van der Waals surface area contributed by atoms with E-state index in [1.54, 1.807) is 0 Å². The lowest BCUT2D eigenvalue weighted by molar-refractivity contribution is -0.300. The monoisotopic (exact) mass is 376 g/mol. The molecule has 0 aromatic carbocycles. The Bertz CT molecular complexity index is 406. The highest BCUT2D eigenvalue weighted by Gasteiger charge is 2.39. The third-order valence-electron chi connectivity index (χ3n) is 5.97. The third-order valence-corrected chi connectivity index (χ3v) is 5.97. The van der Waals surface area contributed by atoms with Gasteiger partial charge >= 0.3 is 0 Å². The van der Waals surface area contributed by atoms with E-state index in [9.17, 15) is 5.11 Å². The minimum absolute atomic E-state index is 0.142. The molecule has 1 rings (SSSR count). The Hall–Kier alpha value is -0.500. The van der Waals surface area contributed by atoms with Gasteiger partial charge in [-0.1, -0.05) is 31.9 Å². The number of aliphatic hydroxyl groups is 4. The average Bonchev–Trinajstić information content (AvgIpc) is 2.70. The molecule has 0 amide bonds. The quantitative estimate of drug-likeness (QED) is 0.485. The zero-order valence-corrected chi connectivity index (χ0v) is 17.5. The predicted molar refractivity (Wildman–Crippen MR) is 103 cm³/mol. The number of allylic oxidation sites excluding steroid dienone is 1. The summed E-state index contributed by atoms with van der Waals surface area (Å²) >= 11 is 0. The molecule has 156 valence electrons. The van der Waals surface area contributed by atoms with Crippen molar-refractivity contribution in [3.8, 4) is 0 Å². The minimum Gasteiger partial charge on any atom is -0.396 e. The Balaban J connectivity index is 0.000000481. The van der Waals surface area contributed by atoms with Gasteiger partial charge in [-0.05, 0) is 40.0 Å². The van der Waals surface area contributed by atoms with Crippen LogP contribution in [0.2, 0.25) is 0 Å². The predicted octanol–water partition coefficient (Wildman–Crippen LogP) is 2.24. The molecule has 6 heteroatoms. The van der Waals surface area contributed by atoms with E-state index in [1.165, 1.54) is 0 Å². The van der Waals surface area contributed by atoms with Gasteiger partial charge in [0.05, 0.1) is 45.1 Å². The molecule has 1 saturated heterocycles. The van der Waals surface area contributed by atoms with Crippen LogP contribution < -0.4 is 0 Å². The van der Waals surface area contributed by atoms with Crippen molar-refractivity contribution in [1.82, 2.24) is 0 Å². The molecule has 0 aromatic rings. The fourth-order valence-corrected chi connectivity index (χ4v) is 2.53. The Kier molecular flexibility index (Phi) is 11.1. The van der Waals surface area contributed by atoms with Crippen LogP contribution in [0.5, 0.6) is 0 Å². The average molecular weight is 377 g/mol. The summed E-state index contributed by atoms with van der Waals surface area (Å²) in [6, 6.07) is 0. The molecule has 0 aromatic heterocycles. The normalized spacial score (nSPS) is 27.5. The van der Waals surface area contributed by atoms with Crippen molar-refractivity contribution < 1.29 is 29.9 Å². The smallest absolute Gasteiger partial charge is 0.165 e. The molecular formula is C20H40O6. The van der Waals surface area contributed by atoms with E-state index >= 15 is 0 Å². The van der Waals surface area contributed by atoms with Gasteiger partial charge in [0.1, 0.15) is 0 Å². The second-order valence-corrected chi connectivity index (χ2v) is 7.59. The molecule has 0 spiro atoms. The summed E-state index contributed by atoms with van der Waals surface area (Å²) in [5, 5.41) is 36.6. The molecule has 26 heavy (non-hydrogen) atoms. The third kappa shape index (κ3) is 6.29. The van der Waals surface area contributed by atoms with Gasteiger partial charge in [0.25, 0.3) is 0 Å². The number of rotatable bonds is 8. The molecule has 6 nitrogen and oxygen atoms in total. The highest BCUT2D eigenvalue weighted by molar-refractivity contribution is 5.19. The molecule has 1 aliphatic heterocycles. The van der Waals surface area contributed by atoms with Crippen molar-refractivity contribution in [1.29, 1.82) is 0 Å². The number of hydrogen-bond donors (Lipinski definition) is 4. The first-order valence-corrected chi connectivity index (χ1v) is 9.55. The van der Waals surface area contributed by atoms with E-state index in [1.807, 2.05) is 34.6 Å². The Morgan fingerprint density at radius 1 is 0.885 bits per heavy atom. The molecule has 1 heterocycles. The first-order chi connectivity index (χ1) is 12.2. The van der Waals surface area contributed by atoms with Crippen LogP contribution in [-0.2, 0) is 9.47 Å². The second-order valence-electron chi connectivity index (χ2n) is 7.59. The SMILES string of the molecule is CCC(C)=C(C)C(CO)(CO)CO.CCC1(CO)COC(C)(CC)OC1. The van der Waals surface area contributed by atoms with E-state index < -0.39 is 11.2 Å². The summed E-state index contributed by atoms with van der Waals surface area (Å²) in [4.78, 5) is 0. The molecule has 0 aliphatic carbocycles. The van der Waals surface area contributed by atoms with E-state index in [2.05, 4.69) is 6.92 Å². The van der Waals surface area contributed by atoms with Crippen LogP contribution >= 0.6 is 0 Å². The fourth-order valence-electron chi connectivity index (χ4n) is 2.53. The number of ether oxygens (including phenoxy) is 2. The van der Waals surface area contributed by atoms with Crippen molar-refractivity contribution in [2.75, 3.05) is 39.6 Å². The molecule has 4 N–H and O–H groups in total. The summed E-state index contributed by atoms with van der Waals surface area (Å²) < 4.78 is 11.3. The fraction of sp³-hybridized carbons (Fsp3) is 0.900. The van der Waals surface area contributed by atoms with Crippen LogP contribution in [0, 0.1) is 10.8 Å². The molecule has 1 aliphatic rings. The van der Waals surface area contributed by atoms with Gasteiger partial charge in [0.15, 0.2) is 5.79 Å². The zero-order chi connectivity index (χ0) is 20.4. The largest absolute Gasteiger partial charge is 0.396 e. The zero-order valence-electron chi connectivity index (χ0n) is 17.5. The van der Waals surface area contributed by atoms with Crippen LogP contribution in [0.1, 0.15) is 60.8 Å². The molecule has 0 bridgehead atoms. The molecule has 1 fully saturated rings. The summed E-state index contributed by atoms with van der Waals surface area (Å²) in [5.41, 5.74) is 0.981. The Labute approximate surface area is 158 Å². The standard InChI is InChI=1S/2C10H20O3/c1-4-9(3)12-7-10(5-2,6-11)8-13-9;1-4-8(2)9(3)10(5-11,6-12)7-13/h11H,4-8H2,1-3H3;11-13H,4-7H2,1-3H3. The maximum absolute atomic E-state index is 9.22. The topological polar surface area (TPSA) is 99.4 Å². The van der Waals surface area contributed by atoms with Gasteiger partial charge < -0.3 is 29.9 Å². The summed E-state index contributed by atoms with van der Waals surface area (Å²) in [6.45, 7) is 12.5. The molecule has 0 saturated carbocycles. The molecule has 0 radical (unpaired) electrons. The maximum Gasteiger partial charge on any atom is 0.165 e. The maximum atomic E-state index is 9.22. The van der Waals surface area contributed by atoms with Gasteiger partial charge in [-0.3, -0.25) is 0 Å². The van der Waals surface area contributed by atoms with E-state index in [4.69, 9.17) is 24.8 Å². The summed E-state index contributed by atoms with van der Waals surface area (Å²) in [7, 11) is 0. The molecule has 0 unspecified atom stereocenters. The van der Waals surface area contributed by atoms with Crippen molar-refractivity contribution in [2.24, 2.45) is 10.8 Å². The van der Waals surface area contributed by atoms with Gasteiger partial charge in [-0.15, -0.1) is 0 Å². The minimum atomic E-state index is -0.847. The molecule has 0 atom stereocenters. The first-order valence-electron chi connectivity index (χ1n) is 9.55. The van der Waals surface area contributed by atoms with Crippen LogP contribution in [-0.4, -0.2) is 65.9 Å². The Morgan fingerprint density at radius 2 is 1.35 bits per heavy atom. The van der Waals surface area contributed by atoms with Crippen LogP contribution in [0.4, 0.5) is 0 Å². The summed E-state index contributed by atoms with van der Waals surface area (Å²) in [5.74, 6) is -0.437. The van der Waals surface area contributed by atoms with E-state index in [0.29, 0.717) is 13.2 Å². The van der Waals surface area contributed by atoms with E-state index in [-0.39, 0.29) is 31.8 Å². The highest BCUT2D eigenvalue weighted by atomic mass is 16.7. The van der Waals surface area contributed by atoms with Crippen LogP contribution in [0.25, 0.3) is 0 Å². The van der Waals surface area contributed by atoms with Gasteiger partial charge in [0, 0.05) is 5.41 Å². The van der Waals surface area contributed by atoms with Crippen molar-refractivity contribution in [2.45, 2.75) is 66.6 Å². The lowest BCUT2D eigenvalue weighted by Crippen LogP contribution is -2.49. The van der Waals surface area contributed by atoms with Crippen molar-refractivity contribution in [3.05, 3.63) is 11.1 Å². The second kappa shape index (κ2) is 11.4. The Morgan fingerprint density at radius 3 is 1.62 bits per heavy atom. The van der Waals surface area contributed by atoms with Crippen molar-refractivity contribution in [3.63, 3.8) is 0 Å². The van der Waals surface area contributed by atoms with Crippen LogP contribution in [0.15, 0.2) is 11.1 Å². The molecular weight excluding hydrogens is 336 g/mol. The van der Waals surface area contributed by atoms with Crippen LogP contribution in [0.3, 0.4) is 0 Å². The first kappa shape index (κ1) is 25.5. The summed E-state index contributed by atoms with van der Waals surface area (Å²) in [6.07, 6.45) is 2.61. The highest BCUT2D eigenvalue weighted by Crippen LogP contribution is 2.33. The van der Waals surface area contributed by atoms with Gasteiger partial charge in [-0.2, -0.15) is 0 Å². The number of hydrogen-bond acceptors (Lipinski definition) is 6. The lowest BCUT2D eigenvalue weighted by atomic mass is 9.80. The van der Waals surface area contributed by atoms with Gasteiger partial charge in [0.2, 0.25) is 0 Å².